The highest BCUT2D eigenvalue weighted by atomic mass is 16.2. The Bertz CT molecular complexity index is 760. The zero-order valence-corrected chi connectivity index (χ0v) is 15.0. The normalized spacial score (nSPS) is 11.0. The van der Waals surface area contributed by atoms with E-state index in [1.54, 1.807) is 0 Å². The number of aryl methyl sites for hydroxylation is 1. The van der Waals surface area contributed by atoms with Crippen LogP contribution in [-0.2, 0) is 4.79 Å². The second kappa shape index (κ2) is 7.99. The van der Waals surface area contributed by atoms with Crippen molar-refractivity contribution >= 4 is 28.7 Å². The molecule has 2 aromatic rings. The van der Waals surface area contributed by atoms with E-state index in [1.165, 1.54) is 12.8 Å². The van der Waals surface area contributed by atoms with Crippen molar-refractivity contribution in [2.75, 3.05) is 24.3 Å². The first kappa shape index (κ1) is 18.0. The lowest BCUT2D eigenvalue weighted by Crippen LogP contribution is -2.18. The molecule has 0 spiro atoms. The summed E-state index contributed by atoms with van der Waals surface area (Å²) >= 11 is 0. The molecule has 7 nitrogen and oxygen atoms in total. The zero-order valence-electron chi connectivity index (χ0n) is 15.0. The molecular formula is C17H27N5O2. The van der Waals surface area contributed by atoms with Gasteiger partial charge in [-0.1, -0.05) is 32.6 Å². The molecule has 2 rings (SSSR count). The summed E-state index contributed by atoms with van der Waals surface area (Å²) in [5, 5.41) is 3.21. The largest absolute Gasteiger partial charge is 0.364 e. The number of fused-ring (bicyclic) bond motifs is 1. The Morgan fingerprint density at radius 1 is 1.17 bits per heavy atom. The molecule has 0 fully saturated rings. The summed E-state index contributed by atoms with van der Waals surface area (Å²) in [6, 6.07) is 0. The van der Waals surface area contributed by atoms with Crippen LogP contribution in [0.4, 0.5) is 11.8 Å². The topological polar surface area (TPSA) is 93.9 Å². The van der Waals surface area contributed by atoms with E-state index in [9.17, 15) is 9.59 Å². The zero-order chi connectivity index (χ0) is 17.7. The molecule has 1 amide bonds. The highest BCUT2D eigenvalue weighted by Crippen LogP contribution is 2.23. The van der Waals surface area contributed by atoms with Crippen molar-refractivity contribution in [3.05, 3.63) is 15.9 Å². The van der Waals surface area contributed by atoms with E-state index in [1.807, 2.05) is 25.9 Å². The third kappa shape index (κ3) is 4.15. The van der Waals surface area contributed by atoms with Gasteiger partial charge in [0.1, 0.15) is 11.5 Å². The lowest BCUT2D eigenvalue weighted by atomic mass is 10.1. The standard InChI is InChI=1S/C17H27N5O2/c1-5-6-7-8-9-10-12(23)18-17-20-14-13(16(24)21-17)11(2)15(19-14)22(3)4/h5-10H2,1-4H3,(H3,18,19,20,21,23,24). The van der Waals surface area contributed by atoms with Gasteiger partial charge in [-0.15, -0.1) is 0 Å². The second-order valence-electron chi connectivity index (χ2n) is 6.34. The summed E-state index contributed by atoms with van der Waals surface area (Å²) in [6.07, 6.45) is 5.88. The maximum atomic E-state index is 12.3. The lowest BCUT2D eigenvalue weighted by molar-refractivity contribution is -0.116. The lowest BCUT2D eigenvalue weighted by Gasteiger charge is -2.10. The molecule has 0 aliphatic heterocycles. The van der Waals surface area contributed by atoms with Gasteiger partial charge < -0.3 is 9.88 Å². The van der Waals surface area contributed by atoms with Crippen molar-refractivity contribution in [2.45, 2.75) is 52.4 Å². The maximum absolute atomic E-state index is 12.3. The smallest absolute Gasteiger partial charge is 0.262 e. The molecule has 0 unspecified atom stereocenters. The number of unbranched alkanes of at least 4 members (excludes halogenated alkanes) is 4. The molecular weight excluding hydrogens is 306 g/mol. The van der Waals surface area contributed by atoms with Gasteiger partial charge in [-0.3, -0.25) is 19.9 Å². The van der Waals surface area contributed by atoms with Gasteiger partial charge in [0.2, 0.25) is 11.9 Å². The van der Waals surface area contributed by atoms with E-state index in [0.29, 0.717) is 17.5 Å². The van der Waals surface area contributed by atoms with Crippen LogP contribution in [0.15, 0.2) is 4.79 Å². The van der Waals surface area contributed by atoms with Crippen molar-refractivity contribution in [3.63, 3.8) is 0 Å². The van der Waals surface area contributed by atoms with E-state index in [2.05, 4.69) is 27.2 Å². The number of amides is 1. The summed E-state index contributed by atoms with van der Waals surface area (Å²) in [7, 11) is 3.79. The number of anilines is 2. The van der Waals surface area contributed by atoms with Gasteiger partial charge in [0.25, 0.3) is 5.56 Å². The number of nitrogens with one attached hydrogen (secondary N) is 3. The molecule has 0 saturated carbocycles. The molecule has 0 atom stereocenters. The van der Waals surface area contributed by atoms with Gasteiger partial charge >= 0.3 is 0 Å². The second-order valence-corrected chi connectivity index (χ2v) is 6.34. The summed E-state index contributed by atoms with van der Waals surface area (Å²) in [4.78, 5) is 36.3. The van der Waals surface area contributed by atoms with Crippen molar-refractivity contribution in [1.82, 2.24) is 15.0 Å². The molecule has 0 aliphatic rings. The molecule has 7 heteroatoms. The summed E-state index contributed by atoms with van der Waals surface area (Å²) < 4.78 is 0. The first-order chi connectivity index (χ1) is 11.4. The minimum absolute atomic E-state index is 0.120. The Labute approximate surface area is 141 Å². The average molecular weight is 333 g/mol. The number of aromatic nitrogens is 3. The highest BCUT2D eigenvalue weighted by molar-refractivity contribution is 5.91. The Balaban J connectivity index is 2.08. The molecule has 24 heavy (non-hydrogen) atoms. The van der Waals surface area contributed by atoms with Crippen LogP contribution >= 0.6 is 0 Å². The number of hydrogen-bond acceptors (Lipinski definition) is 4. The summed E-state index contributed by atoms with van der Waals surface area (Å²) in [5.74, 6) is 0.908. The van der Waals surface area contributed by atoms with E-state index in [0.717, 1.165) is 30.6 Å². The van der Waals surface area contributed by atoms with Crippen LogP contribution in [0.25, 0.3) is 11.0 Å². The van der Waals surface area contributed by atoms with Crippen LogP contribution in [0.2, 0.25) is 0 Å². The summed E-state index contributed by atoms with van der Waals surface area (Å²) in [5.41, 5.74) is 1.08. The number of aromatic amines is 2. The Morgan fingerprint density at radius 3 is 2.54 bits per heavy atom. The van der Waals surface area contributed by atoms with Gasteiger partial charge in [0.15, 0.2) is 0 Å². The Hall–Kier alpha value is -2.31. The molecule has 0 radical (unpaired) electrons. The molecule has 0 bridgehead atoms. The van der Waals surface area contributed by atoms with Crippen LogP contribution < -0.4 is 15.8 Å². The minimum atomic E-state index is -0.250. The van der Waals surface area contributed by atoms with E-state index in [-0.39, 0.29) is 17.4 Å². The van der Waals surface area contributed by atoms with Crippen LogP contribution in [-0.4, -0.2) is 35.0 Å². The molecule has 2 heterocycles. The maximum Gasteiger partial charge on any atom is 0.262 e. The molecule has 132 valence electrons. The fourth-order valence-corrected chi connectivity index (χ4v) is 2.83. The first-order valence-corrected chi connectivity index (χ1v) is 8.53. The number of nitrogens with zero attached hydrogens (tertiary/aromatic N) is 2. The quantitative estimate of drug-likeness (QED) is 0.647. The van der Waals surface area contributed by atoms with Crippen LogP contribution in [0.1, 0.15) is 51.0 Å². The van der Waals surface area contributed by atoms with Gasteiger partial charge in [-0.25, -0.2) is 0 Å². The van der Waals surface area contributed by atoms with Crippen LogP contribution in [0.5, 0.6) is 0 Å². The van der Waals surface area contributed by atoms with Gasteiger partial charge in [0, 0.05) is 26.1 Å². The van der Waals surface area contributed by atoms with Gasteiger partial charge in [-0.2, -0.15) is 4.98 Å². The number of rotatable bonds is 8. The average Bonchev–Trinajstić information content (AvgIpc) is 2.84. The minimum Gasteiger partial charge on any atom is -0.364 e. The fourth-order valence-electron chi connectivity index (χ4n) is 2.83. The van der Waals surface area contributed by atoms with Gasteiger partial charge in [0.05, 0.1) is 5.39 Å². The molecule has 0 saturated heterocycles. The predicted molar refractivity (Wildman–Crippen MR) is 97.8 cm³/mol. The fraction of sp³-hybridized carbons (Fsp3) is 0.588. The van der Waals surface area contributed by atoms with Crippen molar-refractivity contribution in [2.24, 2.45) is 0 Å². The van der Waals surface area contributed by atoms with Crippen molar-refractivity contribution in [1.29, 1.82) is 0 Å². The van der Waals surface area contributed by atoms with E-state index >= 15 is 0 Å². The van der Waals surface area contributed by atoms with Crippen LogP contribution in [0, 0.1) is 6.92 Å². The molecule has 0 aliphatic carbocycles. The SMILES string of the molecule is CCCCCCCC(=O)Nc1nc2[nH]c(N(C)C)c(C)c2c(=O)[nH]1. The molecule has 0 aromatic carbocycles. The number of hydrogen-bond donors (Lipinski definition) is 3. The number of H-pyrrole nitrogens is 2. The van der Waals surface area contributed by atoms with Crippen LogP contribution in [0.3, 0.4) is 0 Å². The Morgan fingerprint density at radius 2 is 1.88 bits per heavy atom. The van der Waals surface area contributed by atoms with E-state index in [4.69, 9.17) is 0 Å². The highest BCUT2D eigenvalue weighted by Gasteiger charge is 2.15. The third-order valence-corrected chi connectivity index (χ3v) is 4.10. The monoisotopic (exact) mass is 333 g/mol. The van der Waals surface area contributed by atoms with E-state index < -0.39 is 0 Å². The Kier molecular flexibility index (Phi) is 6.00. The van der Waals surface area contributed by atoms with Crippen molar-refractivity contribution in [3.8, 4) is 0 Å². The van der Waals surface area contributed by atoms with Gasteiger partial charge in [-0.05, 0) is 13.3 Å². The molecule has 3 N–H and O–H groups in total. The number of carbonyl (C=O) groups is 1. The predicted octanol–water partition coefficient (Wildman–Crippen LogP) is 2.92. The summed E-state index contributed by atoms with van der Waals surface area (Å²) in [6.45, 7) is 4.04. The van der Waals surface area contributed by atoms with Crippen molar-refractivity contribution < 1.29 is 4.79 Å². The number of carbonyl (C=O) groups excluding carboxylic acids is 1. The third-order valence-electron chi connectivity index (χ3n) is 4.10. The first-order valence-electron chi connectivity index (χ1n) is 8.53. The molecule has 2 aromatic heterocycles.